The van der Waals surface area contributed by atoms with E-state index in [4.69, 9.17) is 4.98 Å². The summed E-state index contributed by atoms with van der Waals surface area (Å²) in [4.78, 5) is 13.5. The van der Waals surface area contributed by atoms with Gasteiger partial charge in [-0.3, -0.25) is 0 Å². The van der Waals surface area contributed by atoms with Crippen LogP contribution in [0.2, 0.25) is 0 Å². The number of nitrogens with zero attached hydrogens (tertiary/aromatic N) is 3. The lowest BCUT2D eigenvalue weighted by Crippen LogP contribution is -2.21. The Morgan fingerprint density at radius 2 is 2.32 bits per heavy atom. The summed E-state index contributed by atoms with van der Waals surface area (Å²) in [6.07, 6.45) is 6.69. The van der Waals surface area contributed by atoms with Crippen molar-refractivity contribution < 1.29 is 0 Å². The predicted octanol–water partition coefficient (Wildman–Crippen LogP) is 2.98. The van der Waals surface area contributed by atoms with Gasteiger partial charge in [0.25, 0.3) is 0 Å². The Kier molecular flexibility index (Phi) is 3.84. The molecule has 19 heavy (non-hydrogen) atoms. The second-order valence-electron chi connectivity index (χ2n) is 4.83. The molecule has 0 aromatic carbocycles. The summed E-state index contributed by atoms with van der Waals surface area (Å²) in [6.45, 7) is 3.13. The van der Waals surface area contributed by atoms with Gasteiger partial charge in [0.05, 0.1) is 5.51 Å². The molecule has 0 saturated carbocycles. The molecule has 0 radical (unpaired) electrons. The zero-order chi connectivity index (χ0) is 13.1. The number of nitrogens with one attached hydrogen (secondary N) is 1. The molecule has 0 aliphatic heterocycles. The number of rotatable bonds is 3. The molecule has 2 aromatic heterocycles. The first kappa shape index (κ1) is 12.7. The van der Waals surface area contributed by atoms with Crippen molar-refractivity contribution in [2.24, 2.45) is 0 Å². The van der Waals surface area contributed by atoms with E-state index in [-0.39, 0.29) is 0 Å². The molecule has 1 unspecified atom stereocenters. The van der Waals surface area contributed by atoms with Gasteiger partial charge >= 0.3 is 0 Å². The van der Waals surface area contributed by atoms with Crippen LogP contribution in [0.5, 0.6) is 0 Å². The average molecular weight is 274 g/mol. The summed E-state index contributed by atoms with van der Waals surface area (Å²) in [5.74, 6) is 0.761. The topological polar surface area (TPSA) is 50.7 Å². The van der Waals surface area contributed by atoms with Crippen LogP contribution in [0.3, 0.4) is 0 Å². The number of hydrogen-bond acceptors (Lipinski definition) is 5. The molecule has 3 rings (SSSR count). The highest BCUT2D eigenvalue weighted by molar-refractivity contribution is 7.07. The highest BCUT2D eigenvalue weighted by Crippen LogP contribution is 2.28. The molecule has 0 spiro atoms. The third-order valence-corrected chi connectivity index (χ3v) is 4.13. The summed E-state index contributed by atoms with van der Waals surface area (Å²) < 4.78 is 0. The molecule has 0 amide bonds. The third-order valence-electron chi connectivity index (χ3n) is 3.54. The SMILES string of the molecule is CCNC1CCCCc2nc(-c3cscn3)ncc21. The molecule has 5 heteroatoms. The lowest BCUT2D eigenvalue weighted by Gasteiger charge is -2.17. The van der Waals surface area contributed by atoms with E-state index in [2.05, 4.69) is 22.2 Å². The van der Waals surface area contributed by atoms with Gasteiger partial charge in [0.1, 0.15) is 5.69 Å². The van der Waals surface area contributed by atoms with Gasteiger partial charge in [0, 0.05) is 28.9 Å². The molecule has 2 heterocycles. The fraction of sp³-hybridized carbons (Fsp3) is 0.500. The first-order valence-corrected chi connectivity index (χ1v) is 7.80. The van der Waals surface area contributed by atoms with E-state index in [1.807, 2.05) is 17.1 Å². The van der Waals surface area contributed by atoms with E-state index < -0.39 is 0 Å². The minimum Gasteiger partial charge on any atom is -0.310 e. The standard InChI is InChI=1S/C14H18N4S/c1-2-15-11-5-3-4-6-12-10(11)7-16-14(18-12)13-8-19-9-17-13/h7-9,11,15H,2-6H2,1H3. The quantitative estimate of drug-likeness (QED) is 0.874. The van der Waals surface area contributed by atoms with Crippen molar-refractivity contribution in [2.75, 3.05) is 6.54 Å². The summed E-state index contributed by atoms with van der Waals surface area (Å²) in [5, 5.41) is 5.54. The number of aromatic nitrogens is 3. The minimum atomic E-state index is 0.409. The summed E-state index contributed by atoms with van der Waals surface area (Å²) in [5.41, 5.74) is 5.18. The zero-order valence-corrected chi connectivity index (χ0v) is 11.9. The van der Waals surface area contributed by atoms with Crippen molar-refractivity contribution in [3.05, 3.63) is 28.3 Å². The van der Waals surface area contributed by atoms with E-state index in [1.165, 1.54) is 30.5 Å². The molecule has 1 atom stereocenters. The van der Waals surface area contributed by atoms with Crippen molar-refractivity contribution in [1.82, 2.24) is 20.3 Å². The Morgan fingerprint density at radius 1 is 1.37 bits per heavy atom. The van der Waals surface area contributed by atoms with Gasteiger partial charge in [-0.2, -0.15) is 0 Å². The van der Waals surface area contributed by atoms with Crippen LogP contribution < -0.4 is 5.32 Å². The summed E-state index contributed by atoms with van der Waals surface area (Å²) >= 11 is 1.58. The molecule has 0 bridgehead atoms. The van der Waals surface area contributed by atoms with Crippen LogP contribution in [0.4, 0.5) is 0 Å². The maximum absolute atomic E-state index is 4.74. The van der Waals surface area contributed by atoms with Crippen LogP contribution in [0.1, 0.15) is 43.5 Å². The van der Waals surface area contributed by atoms with Crippen molar-refractivity contribution in [3.63, 3.8) is 0 Å². The summed E-state index contributed by atoms with van der Waals surface area (Å²) in [7, 11) is 0. The second-order valence-corrected chi connectivity index (χ2v) is 5.54. The first-order valence-electron chi connectivity index (χ1n) is 6.86. The van der Waals surface area contributed by atoms with Gasteiger partial charge in [-0.25, -0.2) is 15.0 Å². The van der Waals surface area contributed by atoms with E-state index in [0.717, 1.165) is 24.5 Å². The third kappa shape index (κ3) is 2.67. The monoisotopic (exact) mass is 274 g/mol. The van der Waals surface area contributed by atoms with Gasteiger partial charge in [-0.05, 0) is 25.8 Å². The number of thiazole rings is 1. The Morgan fingerprint density at radius 3 is 3.11 bits per heavy atom. The lowest BCUT2D eigenvalue weighted by atomic mass is 10.0. The molecule has 0 saturated heterocycles. The van der Waals surface area contributed by atoms with E-state index >= 15 is 0 Å². The molecule has 1 aliphatic rings. The molecular formula is C14H18N4S. The second kappa shape index (κ2) is 5.75. The van der Waals surface area contributed by atoms with Gasteiger partial charge < -0.3 is 5.32 Å². The predicted molar refractivity (Wildman–Crippen MR) is 77.1 cm³/mol. The Labute approximate surface area is 117 Å². The molecule has 1 aliphatic carbocycles. The normalized spacial score (nSPS) is 18.9. The van der Waals surface area contributed by atoms with Crippen molar-refractivity contribution >= 4 is 11.3 Å². The molecule has 1 N–H and O–H groups in total. The van der Waals surface area contributed by atoms with Gasteiger partial charge in [0.2, 0.25) is 0 Å². The maximum atomic E-state index is 4.74. The molecule has 4 nitrogen and oxygen atoms in total. The Hall–Kier alpha value is -1.33. The van der Waals surface area contributed by atoms with Crippen molar-refractivity contribution in [3.8, 4) is 11.5 Å². The molecule has 0 fully saturated rings. The highest BCUT2D eigenvalue weighted by Gasteiger charge is 2.20. The average Bonchev–Trinajstić information content (AvgIpc) is 2.89. The molecular weight excluding hydrogens is 256 g/mol. The summed E-state index contributed by atoms with van der Waals surface area (Å²) in [6, 6.07) is 0.409. The Balaban J connectivity index is 1.97. The molecule has 2 aromatic rings. The van der Waals surface area contributed by atoms with Crippen LogP contribution in [0, 0.1) is 0 Å². The van der Waals surface area contributed by atoms with Gasteiger partial charge in [-0.1, -0.05) is 13.3 Å². The van der Waals surface area contributed by atoms with Crippen LogP contribution in [-0.2, 0) is 6.42 Å². The Bertz CT molecular complexity index is 538. The van der Waals surface area contributed by atoms with Crippen LogP contribution in [0.15, 0.2) is 17.1 Å². The van der Waals surface area contributed by atoms with Gasteiger partial charge in [0.15, 0.2) is 5.82 Å². The number of hydrogen-bond donors (Lipinski definition) is 1. The smallest absolute Gasteiger partial charge is 0.179 e. The lowest BCUT2D eigenvalue weighted by molar-refractivity contribution is 0.502. The number of fused-ring (bicyclic) bond motifs is 1. The van der Waals surface area contributed by atoms with E-state index in [1.54, 1.807) is 11.3 Å². The van der Waals surface area contributed by atoms with Crippen molar-refractivity contribution in [1.29, 1.82) is 0 Å². The number of aryl methyl sites for hydroxylation is 1. The van der Waals surface area contributed by atoms with Crippen LogP contribution >= 0.6 is 11.3 Å². The minimum absolute atomic E-state index is 0.409. The molecule has 100 valence electrons. The first-order chi connectivity index (χ1) is 9.38. The zero-order valence-electron chi connectivity index (χ0n) is 11.1. The van der Waals surface area contributed by atoms with E-state index in [9.17, 15) is 0 Å². The van der Waals surface area contributed by atoms with E-state index in [0.29, 0.717) is 6.04 Å². The van der Waals surface area contributed by atoms with Crippen LogP contribution in [-0.4, -0.2) is 21.5 Å². The fourth-order valence-electron chi connectivity index (χ4n) is 2.62. The maximum Gasteiger partial charge on any atom is 0.179 e. The van der Waals surface area contributed by atoms with Gasteiger partial charge in [-0.15, -0.1) is 11.3 Å². The van der Waals surface area contributed by atoms with Crippen molar-refractivity contribution in [2.45, 2.75) is 38.6 Å². The highest BCUT2D eigenvalue weighted by atomic mass is 32.1. The van der Waals surface area contributed by atoms with Crippen LogP contribution in [0.25, 0.3) is 11.5 Å². The fourth-order valence-corrected chi connectivity index (χ4v) is 3.15. The largest absolute Gasteiger partial charge is 0.310 e.